The largest absolute Gasteiger partial charge is 0.315 e. The summed E-state index contributed by atoms with van der Waals surface area (Å²) in [6.07, 6.45) is 0.718. The van der Waals surface area contributed by atoms with Crippen LogP contribution in [0.5, 0.6) is 0 Å². The molecule has 1 aromatic carbocycles. The van der Waals surface area contributed by atoms with Gasteiger partial charge in [-0.25, -0.2) is 21.9 Å². The molecule has 2 atom stereocenters. The van der Waals surface area contributed by atoms with E-state index in [-0.39, 0.29) is 10.9 Å². The monoisotopic (exact) mass is 290 g/mol. The second-order valence-corrected chi connectivity index (χ2v) is 6.61. The van der Waals surface area contributed by atoms with Gasteiger partial charge in [0.25, 0.3) is 0 Å². The lowest BCUT2D eigenvalue weighted by Gasteiger charge is -2.28. The van der Waals surface area contributed by atoms with Crippen molar-refractivity contribution in [3.8, 4) is 0 Å². The lowest BCUT2D eigenvalue weighted by Crippen LogP contribution is -2.48. The molecule has 2 rings (SSSR count). The first-order valence-corrected chi connectivity index (χ1v) is 7.55. The minimum absolute atomic E-state index is 0.234. The third-order valence-electron chi connectivity index (χ3n) is 3.09. The SMILES string of the molecule is CC1CNCC(NS(=O)(=O)c2ccc(F)c(F)c2)C1. The number of halogens is 2. The minimum atomic E-state index is -3.82. The Balaban J connectivity index is 2.15. The first-order chi connectivity index (χ1) is 8.88. The van der Waals surface area contributed by atoms with E-state index in [1.165, 1.54) is 0 Å². The summed E-state index contributed by atoms with van der Waals surface area (Å²) in [6, 6.07) is 2.32. The van der Waals surface area contributed by atoms with Crippen molar-refractivity contribution >= 4 is 10.0 Å². The molecule has 1 heterocycles. The lowest BCUT2D eigenvalue weighted by atomic mass is 9.99. The summed E-state index contributed by atoms with van der Waals surface area (Å²) in [6.45, 7) is 3.40. The van der Waals surface area contributed by atoms with Crippen molar-refractivity contribution in [1.82, 2.24) is 10.0 Å². The molecule has 0 amide bonds. The summed E-state index contributed by atoms with van der Waals surface area (Å²) in [5.74, 6) is -1.86. The lowest BCUT2D eigenvalue weighted by molar-refractivity contribution is 0.346. The average Bonchev–Trinajstić information content (AvgIpc) is 2.32. The number of benzene rings is 1. The Morgan fingerprint density at radius 3 is 2.63 bits per heavy atom. The number of sulfonamides is 1. The molecule has 1 saturated heterocycles. The van der Waals surface area contributed by atoms with Crippen LogP contribution in [0.25, 0.3) is 0 Å². The van der Waals surface area contributed by atoms with Crippen LogP contribution in [0.15, 0.2) is 23.1 Å². The molecule has 4 nitrogen and oxygen atoms in total. The molecule has 0 spiro atoms. The molecular weight excluding hydrogens is 274 g/mol. The Hall–Kier alpha value is -1.05. The molecule has 106 valence electrons. The second-order valence-electron chi connectivity index (χ2n) is 4.89. The highest BCUT2D eigenvalue weighted by Crippen LogP contribution is 2.16. The first kappa shape index (κ1) is 14.4. The van der Waals surface area contributed by atoms with Crippen molar-refractivity contribution in [2.45, 2.75) is 24.3 Å². The van der Waals surface area contributed by atoms with Crippen LogP contribution in [-0.4, -0.2) is 27.5 Å². The van der Waals surface area contributed by atoms with E-state index in [9.17, 15) is 17.2 Å². The van der Waals surface area contributed by atoms with E-state index in [0.717, 1.165) is 25.1 Å². The Bertz CT molecular complexity index is 563. The first-order valence-electron chi connectivity index (χ1n) is 6.06. The van der Waals surface area contributed by atoms with Gasteiger partial charge in [0.05, 0.1) is 4.90 Å². The third-order valence-corrected chi connectivity index (χ3v) is 4.61. The smallest absolute Gasteiger partial charge is 0.240 e. The van der Waals surface area contributed by atoms with Crippen LogP contribution in [0.1, 0.15) is 13.3 Å². The van der Waals surface area contributed by atoms with Crippen LogP contribution in [0.3, 0.4) is 0 Å². The van der Waals surface area contributed by atoms with Crippen molar-refractivity contribution in [3.63, 3.8) is 0 Å². The molecule has 0 radical (unpaired) electrons. The third kappa shape index (κ3) is 3.49. The van der Waals surface area contributed by atoms with Gasteiger partial charge in [0.1, 0.15) is 0 Å². The van der Waals surface area contributed by atoms with Crippen molar-refractivity contribution in [2.75, 3.05) is 13.1 Å². The zero-order valence-corrected chi connectivity index (χ0v) is 11.3. The van der Waals surface area contributed by atoms with Crippen molar-refractivity contribution in [1.29, 1.82) is 0 Å². The van der Waals surface area contributed by atoms with Crippen LogP contribution in [0.2, 0.25) is 0 Å². The zero-order valence-electron chi connectivity index (χ0n) is 10.5. The van der Waals surface area contributed by atoms with Gasteiger partial charge < -0.3 is 5.32 Å². The molecule has 1 aliphatic heterocycles. The highest BCUT2D eigenvalue weighted by atomic mass is 32.2. The molecule has 1 fully saturated rings. The number of rotatable bonds is 3. The summed E-state index contributed by atoms with van der Waals surface area (Å²) >= 11 is 0. The Morgan fingerprint density at radius 2 is 2.00 bits per heavy atom. The van der Waals surface area contributed by atoms with Gasteiger partial charge in [-0.15, -0.1) is 0 Å². The molecule has 0 aliphatic carbocycles. The standard InChI is InChI=1S/C12H16F2N2O2S/c1-8-4-9(7-15-6-8)16-19(17,18)10-2-3-11(13)12(14)5-10/h2-3,5,8-9,15-16H,4,6-7H2,1H3. The summed E-state index contributed by atoms with van der Waals surface area (Å²) in [4.78, 5) is -0.260. The maximum atomic E-state index is 13.1. The Labute approximate surface area is 111 Å². The average molecular weight is 290 g/mol. The minimum Gasteiger partial charge on any atom is -0.315 e. The summed E-state index contributed by atoms with van der Waals surface area (Å²) in [5, 5.41) is 3.12. The fourth-order valence-corrected chi connectivity index (χ4v) is 3.44. The van der Waals surface area contributed by atoms with Crippen LogP contribution >= 0.6 is 0 Å². The quantitative estimate of drug-likeness (QED) is 0.880. The van der Waals surface area contributed by atoms with Gasteiger partial charge in [0.2, 0.25) is 10.0 Å². The predicted molar refractivity (Wildman–Crippen MR) is 67.1 cm³/mol. The van der Waals surface area contributed by atoms with Gasteiger partial charge in [-0.05, 0) is 37.1 Å². The van der Waals surface area contributed by atoms with E-state index in [4.69, 9.17) is 0 Å². The maximum absolute atomic E-state index is 13.1. The predicted octanol–water partition coefficient (Wildman–Crippen LogP) is 1.24. The fourth-order valence-electron chi connectivity index (χ4n) is 2.18. The molecule has 2 unspecified atom stereocenters. The highest BCUT2D eigenvalue weighted by Gasteiger charge is 2.25. The van der Waals surface area contributed by atoms with E-state index in [2.05, 4.69) is 10.0 Å². The number of hydrogen-bond donors (Lipinski definition) is 2. The molecule has 1 aliphatic rings. The van der Waals surface area contributed by atoms with Gasteiger partial charge in [-0.1, -0.05) is 6.92 Å². The summed E-state index contributed by atoms with van der Waals surface area (Å²) in [5.41, 5.74) is 0. The van der Waals surface area contributed by atoms with Gasteiger partial charge in [0.15, 0.2) is 11.6 Å². The summed E-state index contributed by atoms with van der Waals surface area (Å²) in [7, 11) is -3.82. The fraction of sp³-hybridized carbons (Fsp3) is 0.500. The molecule has 19 heavy (non-hydrogen) atoms. The van der Waals surface area contributed by atoms with Gasteiger partial charge in [-0.2, -0.15) is 0 Å². The van der Waals surface area contributed by atoms with E-state index in [1.807, 2.05) is 6.92 Å². The molecule has 0 bridgehead atoms. The van der Waals surface area contributed by atoms with Crippen molar-refractivity contribution < 1.29 is 17.2 Å². The second kappa shape index (κ2) is 5.52. The number of piperidine rings is 1. The highest BCUT2D eigenvalue weighted by molar-refractivity contribution is 7.89. The van der Waals surface area contributed by atoms with Crippen molar-refractivity contribution in [2.24, 2.45) is 5.92 Å². The summed E-state index contributed by atoms with van der Waals surface area (Å²) < 4.78 is 52.5. The van der Waals surface area contributed by atoms with E-state index < -0.39 is 21.7 Å². The van der Waals surface area contributed by atoms with Crippen LogP contribution in [0.4, 0.5) is 8.78 Å². The van der Waals surface area contributed by atoms with Crippen molar-refractivity contribution in [3.05, 3.63) is 29.8 Å². The molecular formula is C12H16F2N2O2S. The van der Waals surface area contributed by atoms with Gasteiger partial charge in [0, 0.05) is 12.6 Å². The van der Waals surface area contributed by atoms with Gasteiger partial charge >= 0.3 is 0 Å². The molecule has 2 N–H and O–H groups in total. The zero-order chi connectivity index (χ0) is 14.0. The molecule has 0 aromatic heterocycles. The van der Waals surface area contributed by atoms with Crippen LogP contribution in [0, 0.1) is 17.6 Å². The molecule has 7 heteroatoms. The van der Waals surface area contributed by atoms with Crippen LogP contribution in [-0.2, 0) is 10.0 Å². The normalized spacial score (nSPS) is 24.4. The van der Waals surface area contributed by atoms with Gasteiger partial charge in [-0.3, -0.25) is 0 Å². The molecule has 1 aromatic rings. The number of nitrogens with one attached hydrogen (secondary N) is 2. The van der Waals surface area contributed by atoms with Crippen LogP contribution < -0.4 is 10.0 Å². The Kier molecular flexibility index (Phi) is 4.17. The topological polar surface area (TPSA) is 58.2 Å². The maximum Gasteiger partial charge on any atom is 0.240 e. The molecule has 0 saturated carbocycles. The van der Waals surface area contributed by atoms with E-state index in [0.29, 0.717) is 18.5 Å². The Morgan fingerprint density at radius 1 is 1.26 bits per heavy atom. The number of hydrogen-bond acceptors (Lipinski definition) is 3. The van der Waals surface area contributed by atoms with E-state index >= 15 is 0 Å². The van der Waals surface area contributed by atoms with E-state index in [1.54, 1.807) is 0 Å².